The summed E-state index contributed by atoms with van der Waals surface area (Å²) in [7, 11) is 0. The van der Waals surface area contributed by atoms with Crippen LogP contribution >= 0.6 is 0 Å². The third-order valence-electron chi connectivity index (χ3n) is 12.3. The van der Waals surface area contributed by atoms with Gasteiger partial charge in [0.15, 0.2) is 17.5 Å². The molecular formula is C54H35N3O. The normalized spacial score (nSPS) is 13.1. The van der Waals surface area contributed by atoms with E-state index in [-0.39, 0.29) is 5.41 Å². The highest BCUT2D eigenvalue weighted by Crippen LogP contribution is 2.53. The lowest BCUT2D eigenvalue weighted by Gasteiger charge is -2.21. The molecule has 0 fully saturated rings. The first-order valence-corrected chi connectivity index (χ1v) is 19.9. The second-order valence-electron chi connectivity index (χ2n) is 16.0. The molecule has 0 spiro atoms. The van der Waals surface area contributed by atoms with Crippen molar-refractivity contribution in [1.82, 2.24) is 15.0 Å². The molecule has 12 rings (SSSR count). The second kappa shape index (κ2) is 12.3. The van der Waals surface area contributed by atoms with Crippen LogP contribution in [0, 0.1) is 0 Å². The third kappa shape index (κ3) is 4.85. The summed E-state index contributed by atoms with van der Waals surface area (Å²) in [5, 5.41) is 8.83. The Balaban J connectivity index is 1.06. The molecule has 0 saturated heterocycles. The van der Waals surface area contributed by atoms with Gasteiger partial charge in [-0.2, -0.15) is 0 Å². The fraction of sp³-hybridized carbons (Fsp3) is 0.0556. The number of nitrogens with zero attached hydrogens (tertiary/aromatic N) is 3. The van der Waals surface area contributed by atoms with Crippen LogP contribution in [0.4, 0.5) is 0 Å². The van der Waals surface area contributed by atoms with E-state index in [1.165, 1.54) is 33.2 Å². The maximum absolute atomic E-state index is 7.06. The van der Waals surface area contributed by atoms with Crippen LogP contribution in [0.2, 0.25) is 0 Å². The van der Waals surface area contributed by atoms with Gasteiger partial charge >= 0.3 is 0 Å². The highest BCUT2D eigenvalue weighted by Gasteiger charge is 2.37. The summed E-state index contributed by atoms with van der Waals surface area (Å²) in [4.78, 5) is 15.5. The highest BCUT2D eigenvalue weighted by atomic mass is 16.3. The zero-order chi connectivity index (χ0) is 38.5. The van der Waals surface area contributed by atoms with Crippen LogP contribution in [0.3, 0.4) is 0 Å². The largest absolute Gasteiger partial charge is 0.455 e. The molecular weight excluding hydrogens is 707 g/mol. The average molecular weight is 742 g/mol. The van der Waals surface area contributed by atoms with Crippen molar-refractivity contribution < 1.29 is 4.42 Å². The fourth-order valence-corrected chi connectivity index (χ4v) is 9.41. The van der Waals surface area contributed by atoms with Gasteiger partial charge in [-0.1, -0.05) is 172 Å². The van der Waals surface area contributed by atoms with Gasteiger partial charge in [-0.3, -0.25) is 0 Å². The number of furan rings is 1. The van der Waals surface area contributed by atoms with Crippen LogP contribution in [-0.2, 0) is 5.41 Å². The Bertz CT molecular complexity index is 3500. The number of aromatic nitrogens is 3. The van der Waals surface area contributed by atoms with Crippen molar-refractivity contribution in [3.63, 3.8) is 0 Å². The first kappa shape index (κ1) is 32.8. The summed E-state index contributed by atoms with van der Waals surface area (Å²) in [6, 6.07) is 62.4. The van der Waals surface area contributed by atoms with Gasteiger partial charge in [0.1, 0.15) is 11.2 Å². The summed E-state index contributed by atoms with van der Waals surface area (Å²) in [5.41, 5.74) is 12.0. The molecule has 2 heterocycles. The molecule has 1 aliphatic rings. The molecule has 0 unspecified atom stereocenters. The molecule has 4 heteroatoms. The summed E-state index contributed by atoms with van der Waals surface area (Å²) >= 11 is 0. The van der Waals surface area contributed by atoms with Gasteiger partial charge in [-0.25, -0.2) is 15.0 Å². The Morgan fingerprint density at radius 3 is 1.79 bits per heavy atom. The SMILES string of the molecule is CC1(C)c2ccccc2-c2c(-c3cccc4c3oc3c5cc(-c6nc(-c7ccc8ccccc8c7)nc(-c7cccc8ccccc78)n6)ccc5ccc43)cccc21. The molecule has 0 amide bonds. The monoisotopic (exact) mass is 741 g/mol. The highest BCUT2D eigenvalue weighted by molar-refractivity contribution is 6.18. The van der Waals surface area contributed by atoms with E-state index in [2.05, 4.69) is 190 Å². The number of benzene rings is 9. The maximum Gasteiger partial charge on any atom is 0.164 e. The average Bonchev–Trinajstić information content (AvgIpc) is 3.78. The van der Waals surface area contributed by atoms with Gasteiger partial charge in [-0.05, 0) is 72.9 Å². The molecule has 58 heavy (non-hydrogen) atoms. The predicted molar refractivity (Wildman–Crippen MR) is 239 cm³/mol. The van der Waals surface area contributed by atoms with Crippen LogP contribution in [-0.4, -0.2) is 15.0 Å². The van der Waals surface area contributed by atoms with Crippen molar-refractivity contribution in [2.45, 2.75) is 19.3 Å². The van der Waals surface area contributed by atoms with Gasteiger partial charge in [0, 0.05) is 43.8 Å². The standard InChI is InChI=1S/C54H35N3O/c1-54(2)46-22-8-7-17-44(46)48-39(18-11-23-47(48)54)40-19-10-20-41-42-29-28-34-25-27-37(31-45(34)50(42)58-49(40)41)52-55-51(36-26-24-32-12-3-4-14-35(32)30-36)56-53(57-52)43-21-9-15-33-13-5-6-16-38(33)43/h3-31H,1-2H3. The molecule has 9 aromatic carbocycles. The number of para-hydroxylation sites is 1. The Hall–Kier alpha value is -7.43. The van der Waals surface area contributed by atoms with Crippen LogP contribution in [0.15, 0.2) is 180 Å². The Morgan fingerprint density at radius 2 is 0.914 bits per heavy atom. The molecule has 2 aromatic heterocycles. The number of fused-ring (bicyclic) bond motifs is 10. The van der Waals surface area contributed by atoms with Crippen molar-refractivity contribution in [3.05, 3.63) is 187 Å². The minimum atomic E-state index is -0.0903. The van der Waals surface area contributed by atoms with E-state index in [0.29, 0.717) is 17.5 Å². The number of hydrogen-bond donors (Lipinski definition) is 0. The summed E-state index contributed by atoms with van der Waals surface area (Å²) in [6.45, 7) is 4.66. The maximum atomic E-state index is 7.06. The minimum Gasteiger partial charge on any atom is -0.455 e. The Kier molecular flexibility index (Phi) is 6.94. The molecule has 0 bridgehead atoms. The first-order chi connectivity index (χ1) is 28.5. The number of hydrogen-bond acceptors (Lipinski definition) is 4. The molecule has 0 N–H and O–H groups in total. The summed E-state index contributed by atoms with van der Waals surface area (Å²) in [6.07, 6.45) is 0. The van der Waals surface area contributed by atoms with E-state index in [1.54, 1.807) is 0 Å². The molecule has 1 aliphatic carbocycles. The van der Waals surface area contributed by atoms with Gasteiger partial charge in [-0.15, -0.1) is 0 Å². The van der Waals surface area contributed by atoms with Crippen LogP contribution in [0.1, 0.15) is 25.0 Å². The van der Waals surface area contributed by atoms with Crippen LogP contribution in [0.25, 0.3) is 111 Å². The van der Waals surface area contributed by atoms with E-state index < -0.39 is 0 Å². The molecule has 0 saturated carbocycles. The predicted octanol–water partition coefficient (Wildman–Crippen LogP) is 14.2. The van der Waals surface area contributed by atoms with Crippen LogP contribution < -0.4 is 0 Å². The molecule has 0 radical (unpaired) electrons. The quantitative estimate of drug-likeness (QED) is 0.180. The van der Waals surface area contributed by atoms with E-state index in [1.807, 2.05) is 0 Å². The van der Waals surface area contributed by atoms with Crippen molar-refractivity contribution in [2.75, 3.05) is 0 Å². The van der Waals surface area contributed by atoms with Gasteiger partial charge < -0.3 is 4.42 Å². The van der Waals surface area contributed by atoms with E-state index in [4.69, 9.17) is 19.4 Å². The lowest BCUT2D eigenvalue weighted by Crippen LogP contribution is -2.14. The first-order valence-electron chi connectivity index (χ1n) is 19.9. The smallest absolute Gasteiger partial charge is 0.164 e. The van der Waals surface area contributed by atoms with Crippen molar-refractivity contribution >= 4 is 54.3 Å². The second-order valence-corrected chi connectivity index (χ2v) is 16.0. The van der Waals surface area contributed by atoms with Gasteiger partial charge in [0.2, 0.25) is 0 Å². The molecule has 272 valence electrons. The van der Waals surface area contributed by atoms with Crippen molar-refractivity contribution in [2.24, 2.45) is 0 Å². The van der Waals surface area contributed by atoms with Crippen LogP contribution in [0.5, 0.6) is 0 Å². The van der Waals surface area contributed by atoms with E-state index in [9.17, 15) is 0 Å². The van der Waals surface area contributed by atoms with E-state index >= 15 is 0 Å². The number of rotatable bonds is 4. The summed E-state index contributed by atoms with van der Waals surface area (Å²) < 4.78 is 7.06. The molecule has 11 aromatic rings. The molecule has 4 nitrogen and oxygen atoms in total. The topological polar surface area (TPSA) is 51.8 Å². The van der Waals surface area contributed by atoms with Crippen molar-refractivity contribution in [3.8, 4) is 56.4 Å². The minimum absolute atomic E-state index is 0.0903. The fourth-order valence-electron chi connectivity index (χ4n) is 9.41. The lowest BCUT2D eigenvalue weighted by atomic mass is 9.82. The van der Waals surface area contributed by atoms with E-state index in [0.717, 1.165) is 71.1 Å². The van der Waals surface area contributed by atoms with Gasteiger partial charge in [0.25, 0.3) is 0 Å². The zero-order valence-electron chi connectivity index (χ0n) is 32.0. The Morgan fingerprint density at radius 1 is 0.362 bits per heavy atom. The Labute approximate surface area is 335 Å². The molecule has 0 aliphatic heterocycles. The van der Waals surface area contributed by atoms with Crippen molar-refractivity contribution in [1.29, 1.82) is 0 Å². The lowest BCUT2D eigenvalue weighted by molar-refractivity contribution is 0.660. The third-order valence-corrected chi connectivity index (χ3v) is 12.3. The molecule has 0 atom stereocenters. The zero-order valence-corrected chi connectivity index (χ0v) is 32.0. The summed E-state index contributed by atoms with van der Waals surface area (Å²) in [5.74, 6) is 1.88. The van der Waals surface area contributed by atoms with Gasteiger partial charge in [0.05, 0.1) is 0 Å².